The molecule has 1 atom stereocenters. The summed E-state index contributed by atoms with van der Waals surface area (Å²) in [6.07, 6.45) is 68.8. The van der Waals surface area contributed by atoms with Crippen LogP contribution in [0.4, 0.5) is 0 Å². The van der Waals surface area contributed by atoms with E-state index in [2.05, 4.69) is 106 Å². The molecule has 0 saturated heterocycles. The van der Waals surface area contributed by atoms with Gasteiger partial charge in [0.1, 0.15) is 6.61 Å². The normalized spacial score (nSPS) is 12.9. The first-order valence-electron chi connectivity index (χ1n) is 26.1. The van der Waals surface area contributed by atoms with Crippen LogP contribution in [0.2, 0.25) is 0 Å². The molecule has 0 fully saturated rings. The van der Waals surface area contributed by atoms with Gasteiger partial charge in [0.25, 0.3) is 0 Å². The van der Waals surface area contributed by atoms with Crippen LogP contribution in [-0.4, -0.2) is 37.9 Å². The molecule has 356 valence electrons. The van der Waals surface area contributed by atoms with E-state index >= 15 is 0 Å². The summed E-state index contributed by atoms with van der Waals surface area (Å²) in [7, 11) is 0. The average molecular weight is 863 g/mol. The maximum Gasteiger partial charge on any atom is 0.306 e. The third kappa shape index (κ3) is 49.7. The molecule has 0 N–H and O–H groups in total. The maximum absolute atomic E-state index is 12.8. The second-order valence-corrected chi connectivity index (χ2v) is 17.0. The Kier molecular flexibility index (Phi) is 50.0. The quantitative estimate of drug-likeness (QED) is 0.0346. The van der Waals surface area contributed by atoms with Gasteiger partial charge in [-0.1, -0.05) is 221 Å². The minimum Gasteiger partial charge on any atom is -0.462 e. The van der Waals surface area contributed by atoms with E-state index in [0.29, 0.717) is 19.4 Å². The molecule has 0 aromatic carbocycles. The van der Waals surface area contributed by atoms with E-state index in [4.69, 9.17) is 14.2 Å². The molecule has 5 nitrogen and oxygen atoms in total. The standard InChI is InChI=1S/C57H98O5/c1-4-7-10-13-16-19-22-25-28-29-31-32-35-38-41-44-47-50-56(58)61-54-55(53-60-52-49-46-43-40-37-34-27-24-21-18-15-12-9-6-3)62-57(59)51-48-45-42-39-36-33-30-26-23-20-17-14-11-8-5-2/h7-8,10-11,16-17,19-20,25-26,28,30,36,39,55H,4-6,9,12-15,18,21-24,27,29,31-35,37-38,40-54H2,1-3H3/b10-7-,11-8-,19-16-,20-17-,28-25-,30-26-,39-36-. The molecule has 0 aromatic rings. The Morgan fingerprint density at radius 1 is 0.371 bits per heavy atom. The molecule has 0 radical (unpaired) electrons. The lowest BCUT2D eigenvalue weighted by Crippen LogP contribution is -2.30. The molecule has 0 aliphatic heterocycles. The lowest BCUT2D eigenvalue weighted by molar-refractivity contribution is -0.163. The fraction of sp³-hybridized carbons (Fsp3) is 0.719. The minimum absolute atomic E-state index is 0.0618. The molecule has 5 heteroatoms. The summed E-state index contributed by atoms with van der Waals surface area (Å²) < 4.78 is 17.4. The third-order valence-corrected chi connectivity index (χ3v) is 10.9. The molecule has 0 rings (SSSR count). The molecular weight excluding hydrogens is 765 g/mol. The zero-order chi connectivity index (χ0) is 44.9. The van der Waals surface area contributed by atoms with Gasteiger partial charge in [-0.2, -0.15) is 0 Å². The Morgan fingerprint density at radius 2 is 0.726 bits per heavy atom. The number of carbonyl (C=O) groups is 2. The Balaban J connectivity index is 4.34. The van der Waals surface area contributed by atoms with Crippen LogP contribution < -0.4 is 0 Å². The van der Waals surface area contributed by atoms with Crippen molar-refractivity contribution in [2.45, 2.75) is 245 Å². The number of allylic oxidation sites excluding steroid dienone is 14. The van der Waals surface area contributed by atoms with Crippen molar-refractivity contribution < 1.29 is 23.8 Å². The Morgan fingerprint density at radius 3 is 1.19 bits per heavy atom. The largest absolute Gasteiger partial charge is 0.462 e. The maximum atomic E-state index is 12.8. The monoisotopic (exact) mass is 863 g/mol. The Bertz CT molecular complexity index is 1160. The molecule has 1 unspecified atom stereocenters. The minimum atomic E-state index is -0.563. The van der Waals surface area contributed by atoms with Crippen LogP contribution in [0, 0.1) is 0 Å². The highest BCUT2D eigenvalue weighted by molar-refractivity contribution is 5.70. The third-order valence-electron chi connectivity index (χ3n) is 10.9. The first-order chi connectivity index (χ1) is 30.6. The van der Waals surface area contributed by atoms with Crippen molar-refractivity contribution in [1.29, 1.82) is 0 Å². The molecular formula is C57H98O5. The Hall–Kier alpha value is -2.92. The topological polar surface area (TPSA) is 61.8 Å². The molecule has 0 bridgehead atoms. The number of hydrogen-bond acceptors (Lipinski definition) is 5. The highest BCUT2D eigenvalue weighted by atomic mass is 16.6. The molecule has 0 spiro atoms. The van der Waals surface area contributed by atoms with Crippen LogP contribution in [-0.2, 0) is 23.8 Å². The number of hydrogen-bond donors (Lipinski definition) is 0. The SMILES string of the molecule is CC/C=C\C/C=C\C/C=C\C/C=C\CCCCC(=O)OC(COCCCCCCCCCCCCCCCC)COC(=O)CCCCCCCCC/C=C\C/C=C\C/C=C\CC. The predicted octanol–water partition coefficient (Wildman–Crippen LogP) is 17.7. The van der Waals surface area contributed by atoms with Gasteiger partial charge in [-0.15, -0.1) is 0 Å². The zero-order valence-electron chi connectivity index (χ0n) is 40.9. The molecule has 0 saturated carbocycles. The summed E-state index contributed by atoms with van der Waals surface area (Å²) in [5, 5.41) is 0. The van der Waals surface area contributed by atoms with Crippen molar-refractivity contribution in [2.75, 3.05) is 19.8 Å². The molecule has 62 heavy (non-hydrogen) atoms. The van der Waals surface area contributed by atoms with E-state index in [-0.39, 0.29) is 25.2 Å². The van der Waals surface area contributed by atoms with Crippen molar-refractivity contribution in [2.24, 2.45) is 0 Å². The molecule has 0 aliphatic rings. The van der Waals surface area contributed by atoms with E-state index in [1.165, 1.54) is 103 Å². The van der Waals surface area contributed by atoms with E-state index in [1.807, 2.05) is 0 Å². The first kappa shape index (κ1) is 59.1. The highest BCUT2D eigenvalue weighted by Crippen LogP contribution is 2.14. The predicted molar refractivity (Wildman–Crippen MR) is 270 cm³/mol. The van der Waals surface area contributed by atoms with Crippen LogP contribution in [0.3, 0.4) is 0 Å². The molecule has 0 amide bonds. The van der Waals surface area contributed by atoms with Crippen molar-refractivity contribution in [3.63, 3.8) is 0 Å². The smallest absolute Gasteiger partial charge is 0.306 e. The molecule has 0 heterocycles. The van der Waals surface area contributed by atoms with Crippen molar-refractivity contribution in [3.05, 3.63) is 85.1 Å². The van der Waals surface area contributed by atoms with Gasteiger partial charge in [0, 0.05) is 19.4 Å². The van der Waals surface area contributed by atoms with Gasteiger partial charge in [-0.3, -0.25) is 9.59 Å². The van der Waals surface area contributed by atoms with Gasteiger partial charge in [0.15, 0.2) is 6.10 Å². The van der Waals surface area contributed by atoms with Crippen molar-refractivity contribution in [3.8, 4) is 0 Å². The number of ether oxygens (including phenoxy) is 3. The number of unbranched alkanes of at least 4 members (excludes halogenated alkanes) is 22. The van der Waals surface area contributed by atoms with Gasteiger partial charge in [0.05, 0.1) is 6.61 Å². The molecule has 0 aliphatic carbocycles. The van der Waals surface area contributed by atoms with Gasteiger partial charge >= 0.3 is 11.9 Å². The van der Waals surface area contributed by atoms with Crippen LogP contribution in [0.1, 0.15) is 239 Å². The summed E-state index contributed by atoms with van der Waals surface area (Å²) in [6, 6.07) is 0. The first-order valence-corrected chi connectivity index (χ1v) is 26.1. The fourth-order valence-electron chi connectivity index (χ4n) is 7.10. The fourth-order valence-corrected chi connectivity index (χ4v) is 7.10. The lowest BCUT2D eigenvalue weighted by Gasteiger charge is -2.18. The summed E-state index contributed by atoms with van der Waals surface area (Å²) in [5.74, 6) is -0.453. The second kappa shape index (κ2) is 52.4. The van der Waals surface area contributed by atoms with Gasteiger partial charge < -0.3 is 14.2 Å². The second-order valence-electron chi connectivity index (χ2n) is 17.0. The van der Waals surface area contributed by atoms with Crippen LogP contribution in [0.25, 0.3) is 0 Å². The molecule has 0 aromatic heterocycles. The number of esters is 2. The van der Waals surface area contributed by atoms with Crippen molar-refractivity contribution >= 4 is 11.9 Å². The van der Waals surface area contributed by atoms with E-state index < -0.39 is 6.10 Å². The zero-order valence-corrected chi connectivity index (χ0v) is 40.9. The van der Waals surface area contributed by atoms with E-state index in [0.717, 1.165) is 103 Å². The Labute approximate surface area is 384 Å². The number of carbonyl (C=O) groups excluding carboxylic acids is 2. The van der Waals surface area contributed by atoms with Gasteiger partial charge in [0.2, 0.25) is 0 Å². The summed E-state index contributed by atoms with van der Waals surface area (Å²) >= 11 is 0. The summed E-state index contributed by atoms with van der Waals surface area (Å²) in [4.78, 5) is 25.4. The van der Waals surface area contributed by atoms with Crippen molar-refractivity contribution in [1.82, 2.24) is 0 Å². The van der Waals surface area contributed by atoms with Crippen LogP contribution in [0.15, 0.2) is 85.1 Å². The summed E-state index contributed by atoms with van der Waals surface area (Å²) in [5.41, 5.74) is 0. The van der Waals surface area contributed by atoms with Crippen LogP contribution >= 0.6 is 0 Å². The van der Waals surface area contributed by atoms with E-state index in [1.54, 1.807) is 0 Å². The van der Waals surface area contributed by atoms with E-state index in [9.17, 15) is 9.59 Å². The summed E-state index contributed by atoms with van der Waals surface area (Å²) in [6.45, 7) is 7.57. The van der Waals surface area contributed by atoms with Gasteiger partial charge in [-0.05, 0) is 89.9 Å². The highest BCUT2D eigenvalue weighted by Gasteiger charge is 2.17. The van der Waals surface area contributed by atoms with Gasteiger partial charge in [-0.25, -0.2) is 0 Å². The lowest BCUT2D eigenvalue weighted by atomic mass is 10.0. The average Bonchev–Trinajstić information content (AvgIpc) is 3.27. The number of rotatable bonds is 47. The van der Waals surface area contributed by atoms with Crippen LogP contribution in [0.5, 0.6) is 0 Å².